The Morgan fingerprint density at radius 3 is 1.75 bits per heavy atom. The summed E-state index contributed by atoms with van der Waals surface area (Å²) >= 11 is 0. The summed E-state index contributed by atoms with van der Waals surface area (Å²) in [6.45, 7) is 0. The molecule has 0 saturated carbocycles. The zero-order valence-corrected chi connectivity index (χ0v) is 28.1. The van der Waals surface area contributed by atoms with Crippen molar-refractivity contribution >= 4 is 77.9 Å². The van der Waals surface area contributed by atoms with Crippen molar-refractivity contribution in [2.24, 2.45) is 0 Å². The second kappa shape index (κ2) is 12.3. The first kappa shape index (κ1) is 29.8. The molecule has 246 valence electrons. The fourth-order valence-electron chi connectivity index (χ4n) is 7.27. The number of nitrogens with zero attached hydrogens (tertiary/aromatic N) is 3. The molecule has 0 N–H and O–H groups in total. The van der Waals surface area contributed by atoms with Crippen LogP contribution >= 0.6 is 0 Å². The summed E-state index contributed by atoms with van der Waals surface area (Å²) < 4.78 is 13.0. The van der Waals surface area contributed by atoms with Gasteiger partial charge in [0.25, 0.3) is 0 Å². The largest absolute Gasteiger partial charge is 0.456 e. The van der Waals surface area contributed by atoms with Gasteiger partial charge in [-0.15, -0.1) is 0 Å². The van der Waals surface area contributed by atoms with E-state index in [-0.39, 0.29) is 0 Å². The summed E-state index contributed by atoms with van der Waals surface area (Å²) in [6, 6.07) is 65.0. The van der Waals surface area contributed by atoms with Crippen molar-refractivity contribution < 1.29 is 8.83 Å². The van der Waals surface area contributed by atoms with Gasteiger partial charge in [-0.25, -0.2) is 4.98 Å². The average molecular weight is 670 g/mol. The molecule has 0 radical (unpaired) electrons. The van der Waals surface area contributed by atoms with Gasteiger partial charge in [-0.05, 0) is 78.2 Å². The molecule has 0 aliphatic rings. The molecule has 0 spiro atoms. The fraction of sp³-hybridized carbons (Fsp3) is 0. The van der Waals surface area contributed by atoms with Gasteiger partial charge < -0.3 is 18.6 Å². The minimum Gasteiger partial charge on any atom is -0.456 e. The number of aromatic nitrogens is 1. The van der Waals surface area contributed by atoms with E-state index < -0.39 is 0 Å². The van der Waals surface area contributed by atoms with Gasteiger partial charge in [0.15, 0.2) is 5.58 Å². The van der Waals surface area contributed by atoms with E-state index >= 15 is 0 Å². The molecule has 0 amide bonds. The molecule has 52 heavy (non-hydrogen) atoms. The summed E-state index contributed by atoms with van der Waals surface area (Å²) in [5.41, 5.74) is 9.96. The summed E-state index contributed by atoms with van der Waals surface area (Å²) in [4.78, 5) is 9.79. The molecule has 5 heteroatoms. The lowest BCUT2D eigenvalue weighted by Gasteiger charge is -2.30. The molecule has 2 heterocycles. The van der Waals surface area contributed by atoms with Gasteiger partial charge in [0.1, 0.15) is 16.7 Å². The molecule has 2 aromatic heterocycles. The molecule has 0 saturated heterocycles. The van der Waals surface area contributed by atoms with Crippen LogP contribution in [0.4, 0.5) is 34.1 Å². The van der Waals surface area contributed by atoms with Crippen molar-refractivity contribution in [3.8, 4) is 11.5 Å². The summed E-state index contributed by atoms with van der Waals surface area (Å²) in [6.07, 6.45) is 0. The standard InChI is InChI=1S/C47H31N3O2/c1-4-16-33(17-5-1)47-48-46-42(49(34-19-6-2-7-20-34)36-27-28-44-40(29-36)39-24-12-13-26-43(39)51-44)30-37(31-45(46)52-47)50(35-21-8-3-9-22-35)41-25-14-18-32-15-10-11-23-38(32)41/h1-31H. The highest BCUT2D eigenvalue weighted by molar-refractivity contribution is 6.08. The maximum absolute atomic E-state index is 6.70. The van der Waals surface area contributed by atoms with Crippen LogP contribution in [0.1, 0.15) is 0 Å². The number of benzene rings is 8. The van der Waals surface area contributed by atoms with Gasteiger partial charge in [-0.2, -0.15) is 0 Å². The predicted molar refractivity (Wildman–Crippen MR) is 214 cm³/mol. The minimum absolute atomic E-state index is 0.565. The fourth-order valence-corrected chi connectivity index (χ4v) is 7.27. The molecule has 0 aliphatic carbocycles. The van der Waals surface area contributed by atoms with Crippen molar-refractivity contribution in [2.45, 2.75) is 0 Å². The van der Waals surface area contributed by atoms with E-state index in [2.05, 4.69) is 149 Å². The highest BCUT2D eigenvalue weighted by atomic mass is 16.3. The average Bonchev–Trinajstić information content (AvgIpc) is 3.81. The van der Waals surface area contributed by atoms with Crippen LogP contribution in [-0.2, 0) is 0 Å². The number of para-hydroxylation sites is 3. The van der Waals surface area contributed by atoms with Crippen molar-refractivity contribution in [3.63, 3.8) is 0 Å². The highest BCUT2D eigenvalue weighted by Gasteiger charge is 2.25. The van der Waals surface area contributed by atoms with Gasteiger partial charge in [0.2, 0.25) is 5.89 Å². The summed E-state index contributed by atoms with van der Waals surface area (Å²) in [5.74, 6) is 0.565. The lowest BCUT2D eigenvalue weighted by atomic mass is 10.1. The van der Waals surface area contributed by atoms with Gasteiger partial charge in [0.05, 0.1) is 17.1 Å². The van der Waals surface area contributed by atoms with E-state index in [1.54, 1.807) is 0 Å². The lowest BCUT2D eigenvalue weighted by molar-refractivity contribution is 0.620. The quantitative estimate of drug-likeness (QED) is 0.169. The van der Waals surface area contributed by atoms with Crippen LogP contribution in [-0.4, -0.2) is 4.98 Å². The van der Waals surface area contributed by atoms with E-state index in [9.17, 15) is 0 Å². The monoisotopic (exact) mass is 669 g/mol. The molecule has 10 aromatic rings. The number of rotatable bonds is 7. The number of hydrogen-bond acceptors (Lipinski definition) is 5. The Morgan fingerprint density at radius 2 is 0.981 bits per heavy atom. The Morgan fingerprint density at radius 1 is 0.365 bits per heavy atom. The van der Waals surface area contributed by atoms with Crippen molar-refractivity contribution in [1.29, 1.82) is 0 Å². The zero-order valence-electron chi connectivity index (χ0n) is 28.1. The molecule has 5 nitrogen and oxygen atoms in total. The normalized spacial score (nSPS) is 11.5. The van der Waals surface area contributed by atoms with E-state index in [1.165, 1.54) is 5.39 Å². The molecule has 0 aliphatic heterocycles. The third-order valence-corrected chi connectivity index (χ3v) is 9.63. The van der Waals surface area contributed by atoms with Crippen LogP contribution in [0.15, 0.2) is 197 Å². The van der Waals surface area contributed by atoms with Crippen molar-refractivity contribution in [3.05, 3.63) is 188 Å². The SMILES string of the molecule is c1ccc(-c2nc3c(N(c4ccccc4)c4ccc5oc6ccccc6c5c4)cc(N(c4ccccc4)c4cccc5ccccc45)cc3o2)cc1. The minimum atomic E-state index is 0.565. The number of anilines is 6. The molecular formula is C47H31N3O2. The molecule has 0 unspecified atom stereocenters. The van der Waals surface area contributed by atoms with Crippen LogP contribution in [0.5, 0.6) is 0 Å². The second-order valence-corrected chi connectivity index (χ2v) is 12.8. The van der Waals surface area contributed by atoms with Gasteiger partial charge >= 0.3 is 0 Å². The molecule has 10 rings (SSSR count). The highest BCUT2D eigenvalue weighted by Crippen LogP contribution is 2.47. The van der Waals surface area contributed by atoms with E-state index in [0.29, 0.717) is 11.5 Å². The van der Waals surface area contributed by atoms with Crippen LogP contribution in [0, 0.1) is 0 Å². The van der Waals surface area contributed by atoms with Crippen molar-refractivity contribution in [2.75, 3.05) is 9.80 Å². The Bertz CT molecular complexity index is 2860. The van der Waals surface area contributed by atoms with Crippen LogP contribution in [0.3, 0.4) is 0 Å². The molecular weight excluding hydrogens is 639 g/mol. The first-order chi connectivity index (χ1) is 25.8. The second-order valence-electron chi connectivity index (χ2n) is 12.8. The molecule has 0 bridgehead atoms. The third-order valence-electron chi connectivity index (χ3n) is 9.63. The predicted octanol–water partition coefficient (Wildman–Crippen LogP) is 13.5. The van der Waals surface area contributed by atoms with Crippen LogP contribution < -0.4 is 9.80 Å². The number of furan rings is 1. The van der Waals surface area contributed by atoms with Gasteiger partial charge in [-0.1, -0.05) is 109 Å². The van der Waals surface area contributed by atoms with Gasteiger partial charge in [-0.3, -0.25) is 0 Å². The van der Waals surface area contributed by atoms with Crippen molar-refractivity contribution in [1.82, 2.24) is 4.98 Å². The maximum Gasteiger partial charge on any atom is 0.227 e. The van der Waals surface area contributed by atoms with Crippen LogP contribution in [0.2, 0.25) is 0 Å². The number of fused-ring (bicyclic) bond motifs is 5. The summed E-state index contributed by atoms with van der Waals surface area (Å²) in [5, 5.41) is 4.44. The maximum atomic E-state index is 6.70. The van der Waals surface area contributed by atoms with E-state index in [0.717, 1.165) is 72.5 Å². The first-order valence-corrected chi connectivity index (χ1v) is 17.4. The van der Waals surface area contributed by atoms with Gasteiger partial charge in [0, 0.05) is 44.9 Å². The smallest absolute Gasteiger partial charge is 0.227 e. The third kappa shape index (κ3) is 5.07. The molecule has 0 atom stereocenters. The molecule has 0 fully saturated rings. The Kier molecular flexibility index (Phi) is 7.07. The van der Waals surface area contributed by atoms with E-state index in [1.807, 2.05) is 48.5 Å². The molecule has 8 aromatic carbocycles. The summed E-state index contributed by atoms with van der Waals surface area (Å²) in [7, 11) is 0. The lowest BCUT2D eigenvalue weighted by Crippen LogP contribution is -2.14. The Hall–Kier alpha value is -7.11. The number of hydrogen-bond donors (Lipinski definition) is 0. The van der Waals surface area contributed by atoms with Crippen LogP contribution in [0.25, 0.3) is 55.3 Å². The number of oxazole rings is 1. The van der Waals surface area contributed by atoms with E-state index in [4.69, 9.17) is 13.8 Å². The first-order valence-electron chi connectivity index (χ1n) is 17.4. The Balaban J connectivity index is 1.28. The topological polar surface area (TPSA) is 45.7 Å². The Labute approximate surface area is 300 Å². The zero-order chi connectivity index (χ0) is 34.4.